The molecule has 1 amide bonds. The normalized spacial score (nSPS) is 25.9. The van der Waals surface area contributed by atoms with Crippen molar-refractivity contribution < 1.29 is 9.53 Å². The van der Waals surface area contributed by atoms with Crippen LogP contribution in [-0.4, -0.2) is 60.3 Å². The molecule has 2 aliphatic heterocycles. The fourth-order valence-electron chi connectivity index (χ4n) is 3.25. The molecule has 0 aromatic rings. The third-order valence-corrected chi connectivity index (χ3v) is 4.32. The second kappa shape index (κ2) is 6.97. The second-order valence-corrected chi connectivity index (χ2v) is 7.57. The van der Waals surface area contributed by atoms with Crippen LogP contribution in [0, 0.1) is 5.92 Å². The first-order chi connectivity index (χ1) is 9.83. The maximum atomic E-state index is 12.0. The van der Waals surface area contributed by atoms with Gasteiger partial charge < -0.3 is 20.3 Å². The molecule has 2 rings (SSSR count). The zero-order chi connectivity index (χ0) is 15.5. The van der Waals surface area contributed by atoms with E-state index in [1.54, 1.807) is 0 Å². The molecule has 21 heavy (non-hydrogen) atoms. The van der Waals surface area contributed by atoms with Gasteiger partial charge in [-0.05, 0) is 58.9 Å². The van der Waals surface area contributed by atoms with E-state index in [-0.39, 0.29) is 6.09 Å². The van der Waals surface area contributed by atoms with Gasteiger partial charge in [-0.25, -0.2) is 4.79 Å². The van der Waals surface area contributed by atoms with E-state index in [9.17, 15) is 4.79 Å². The molecule has 2 fully saturated rings. The highest BCUT2D eigenvalue weighted by atomic mass is 16.6. The van der Waals surface area contributed by atoms with Gasteiger partial charge >= 0.3 is 6.09 Å². The molecule has 2 saturated heterocycles. The Bertz CT molecular complexity index is 346. The number of piperidine rings is 2. The van der Waals surface area contributed by atoms with Gasteiger partial charge in [-0.2, -0.15) is 0 Å². The van der Waals surface area contributed by atoms with Crippen molar-refractivity contribution in [1.29, 1.82) is 0 Å². The molecule has 1 unspecified atom stereocenters. The molecule has 0 spiro atoms. The van der Waals surface area contributed by atoms with Crippen LogP contribution in [0.5, 0.6) is 0 Å². The summed E-state index contributed by atoms with van der Waals surface area (Å²) in [6.45, 7) is 10.7. The number of hydrogen-bond acceptors (Lipinski definition) is 4. The highest BCUT2D eigenvalue weighted by molar-refractivity contribution is 5.68. The zero-order valence-corrected chi connectivity index (χ0v) is 13.8. The third kappa shape index (κ3) is 5.47. The number of rotatable bonds is 2. The summed E-state index contributed by atoms with van der Waals surface area (Å²) in [4.78, 5) is 16.4. The molecule has 2 aliphatic rings. The van der Waals surface area contributed by atoms with E-state index < -0.39 is 5.60 Å². The van der Waals surface area contributed by atoms with E-state index >= 15 is 0 Å². The Morgan fingerprint density at radius 1 is 1.19 bits per heavy atom. The summed E-state index contributed by atoms with van der Waals surface area (Å²) in [5.41, 5.74) is 5.63. The fraction of sp³-hybridized carbons (Fsp3) is 0.938. The SMILES string of the molecule is CC(C)(C)OC(=O)N1CCC(CN2CCCC(N)C2)CC1. The number of nitrogens with zero attached hydrogens (tertiary/aromatic N) is 2. The molecule has 122 valence electrons. The van der Waals surface area contributed by atoms with Crippen LogP contribution in [0.15, 0.2) is 0 Å². The molecule has 2 N–H and O–H groups in total. The van der Waals surface area contributed by atoms with Gasteiger partial charge in [0.05, 0.1) is 0 Å². The number of hydrogen-bond donors (Lipinski definition) is 1. The Morgan fingerprint density at radius 3 is 2.43 bits per heavy atom. The summed E-state index contributed by atoms with van der Waals surface area (Å²) in [6.07, 6.45) is 4.36. The van der Waals surface area contributed by atoms with E-state index in [1.165, 1.54) is 13.0 Å². The summed E-state index contributed by atoms with van der Waals surface area (Å²) >= 11 is 0. The predicted octanol–water partition coefficient (Wildman–Crippen LogP) is 2.06. The lowest BCUT2D eigenvalue weighted by Gasteiger charge is -2.37. The molecular weight excluding hydrogens is 266 g/mol. The van der Waals surface area contributed by atoms with Gasteiger partial charge in [0, 0.05) is 32.2 Å². The van der Waals surface area contributed by atoms with E-state index in [0.29, 0.717) is 12.0 Å². The van der Waals surface area contributed by atoms with Gasteiger partial charge in [-0.15, -0.1) is 0 Å². The molecule has 1 atom stereocenters. The minimum Gasteiger partial charge on any atom is -0.444 e. The van der Waals surface area contributed by atoms with Crippen LogP contribution < -0.4 is 5.73 Å². The minimum atomic E-state index is -0.405. The fourth-order valence-corrected chi connectivity index (χ4v) is 3.25. The largest absolute Gasteiger partial charge is 0.444 e. The van der Waals surface area contributed by atoms with Gasteiger partial charge in [0.1, 0.15) is 5.60 Å². The summed E-state index contributed by atoms with van der Waals surface area (Å²) in [5, 5.41) is 0. The van der Waals surface area contributed by atoms with Gasteiger partial charge in [0.25, 0.3) is 0 Å². The Hall–Kier alpha value is -0.810. The number of likely N-dealkylation sites (tertiary alicyclic amines) is 2. The minimum absolute atomic E-state index is 0.166. The van der Waals surface area contributed by atoms with E-state index in [4.69, 9.17) is 10.5 Å². The van der Waals surface area contributed by atoms with Gasteiger partial charge in [0.15, 0.2) is 0 Å². The first-order valence-corrected chi connectivity index (χ1v) is 8.29. The van der Waals surface area contributed by atoms with Crippen molar-refractivity contribution in [2.75, 3.05) is 32.7 Å². The number of amides is 1. The topological polar surface area (TPSA) is 58.8 Å². The predicted molar refractivity (Wildman–Crippen MR) is 84.2 cm³/mol. The third-order valence-electron chi connectivity index (χ3n) is 4.32. The molecule has 5 nitrogen and oxygen atoms in total. The summed E-state index contributed by atoms with van der Waals surface area (Å²) < 4.78 is 5.44. The lowest BCUT2D eigenvalue weighted by atomic mass is 9.95. The molecule has 0 aromatic carbocycles. The number of ether oxygens (including phenoxy) is 1. The average molecular weight is 297 g/mol. The van der Waals surface area contributed by atoms with Crippen LogP contribution in [0.4, 0.5) is 4.79 Å². The lowest BCUT2D eigenvalue weighted by molar-refractivity contribution is 0.0166. The summed E-state index contributed by atoms with van der Waals surface area (Å²) in [6, 6.07) is 0.348. The number of carbonyl (C=O) groups excluding carboxylic acids is 1. The van der Waals surface area contributed by atoms with Crippen LogP contribution in [0.3, 0.4) is 0 Å². The Labute approximate surface area is 128 Å². The maximum absolute atomic E-state index is 12.0. The Balaban J connectivity index is 1.71. The molecule has 0 bridgehead atoms. The first kappa shape index (κ1) is 16.6. The summed E-state index contributed by atoms with van der Waals surface area (Å²) in [7, 11) is 0. The smallest absolute Gasteiger partial charge is 0.410 e. The molecule has 0 aromatic heterocycles. The lowest BCUT2D eigenvalue weighted by Crippen LogP contribution is -2.47. The second-order valence-electron chi connectivity index (χ2n) is 7.57. The average Bonchev–Trinajstić information content (AvgIpc) is 2.37. The highest BCUT2D eigenvalue weighted by Crippen LogP contribution is 2.22. The van der Waals surface area contributed by atoms with Crippen LogP contribution in [0.1, 0.15) is 46.5 Å². The summed E-state index contributed by atoms with van der Waals surface area (Å²) in [5.74, 6) is 0.689. The molecule has 0 radical (unpaired) electrons. The van der Waals surface area contributed by atoms with Gasteiger partial charge in [0.2, 0.25) is 0 Å². The Kier molecular flexibility index (Phi) is 5.49. The van der Waals surface area contributed by atoms with Gasteiger partial charge in [-0.3, -0.25) is 0 Å². The maximum Gasteiger partial charge on any atom is 0.410 e. The van der Waals surface area contributed by atoms with Gasteiger partial charge in [-0.1, -0.05) is 0 Å². The highest BCUT2D eigenvalue weighted by Gasteiger charge is 2.28. The van der Waals surface area contributed by atoms with Crippen LogP contribution in [0.2, 0.25) is 0 Å². The molecular formula is C16H31N3O2. The van der Waals surface area contributed by atoms with E-state index in [1.807, 2.05) is 25.7 Å². The first-order valence-electron chi connectivity index (χ1n) is 8.29. The molecule has 5 heteroatoms. The van der Waals surface area contributed by atoms with Crippen molar-refractivity contribution in [1.82, 2.24) is 9.80 Å². The molecule has 0 aliphatic carbocycles. The molecule has 2 heterocycles. The molecule has 0 saturated carbocycles. The van der Waals surface area contributed by atoms with Crippen molar-refractivity contribution in [2.24, 2.45) is 11.7 Å². The standard InChI is InChI=1S/C16H31N3O2/c1-16(2,3)21-15(20)19-9-6-13(7-10-19)11-18-8-4-5-14(17)12-18/h13-14H,4-12,17H2,1-3H3. The van der Waals surface area contributed by atoms with Crippen LogP contribution in [-0.2, 0) is 4.74 Å². The van der Waals surface area contributed by atoms with Crippen molar-refractivity contribution in [3.63, 3.8) is 0 Å². The van der Waals surface area contributed by atoms with Crippen molar-refractivity contribution >= 4 is 6.09 Å². The zero-order valence-electron chi connectivity index (χ0n) is 13.8. The van der Waals surface area contributed by atoms with E-state index in [0.717, 1.165) is 45.4 Å². The van der Waals surface area contributed by atoms with Crippen LogP contribution >= 0.6 is 0 Å². The van der Waals surface area contributed by atoms with Crippen LogP contribution in [0.25, 0.3) is 0 Å². The quantitative estimate of drug-likeness (QED) is 0.847. The number of carbonyl (C=O) groups is 1. The van der Waals surface area contributed by atoms with Crippen molar-refractivity contribution in [3.8, 4) is 0 Å². The van der Waals surface area contributed by atoms with E-state index in [2.05, 4.69) is 4.90 Å². The number of nitrogens with two attached hydrogens (primary N) is 1. The monoisotopic (exact) mass is 297 g/mol. The Morgan fingerprint density at radius 2 is 1.86 bits per heavy atom. The van der Waals surface area contributed by atoms with Crippen molar-refractivity contribution in [3.05, 3.63) is 0 Å². The van der Waals surface area contributed by atoms with Crippen molar-refractivity contribution in [2.45, 2.75) is 58.1 Å².